The first kappa shape index (κ1) is 24.0. The Morgan fingerprint density at radius 2 is 1.82 bits per heavy atom. The number of fused-ring (bicyclic) bond motifs is 1. The Kier molecular flexibility index (Phi) is 7.05. The van der Waals surface area contributed by atoms with E-state index < -0.39 is 5.54 Å². The number of hydrogen-bond acceptors (Lipinski definition) is 4. The molecular formula is C26H35N5O3. The van der Waals surface area contributed by atoms with Gasteiger partial charge in [0.25, 0.3) is 11.8 Å². The zero-order chi connectivity index (χ0) is 24.3. The minimum Gasteiger partial charge on any atom is -0.351 e. The Morgan fingerprint density at radius 1 is 1.15 bits per heavy atom. The standard InChI is InChI=1S/C26H35N5O3/c1-18(19-11-7-6-8-12-19)16-27-23(32)21-15-22-24(33)30(3)26(2,17-31(22)29-21)25(34)28-20-13-9-4-5-10-14-20/h6-8,11-12,15,18,20H,4-5,9-10,13-14,16-17H2,1-3H3,(H,27,32)(H,28,34). The summed E-state index contributed by atoms with van der Waals surface area (Å²) in [6.45, 7) is 4.48. The average Bonchev–Trinajstić information content (AvgIpc) is 3.09. The van der Waals surface area contributed by atoms with Crippen LogP contribution in [-0.4, -0.2) is 57.6 Å². The van der Waals surface area contributed by atoms with Crippen molar-refractivity contribution in [1.82, 2.24) is 25.3 Å². The van der Waals surface area contributed by atoms with Gasteiger partial charge in [-0.1, -0.05) is 62.9 Å². The van der Waals surface area contributed by atoms with Crippen molar-refractivity contribution in [2.45, 2.75) is 76.4 Å². The third kappa shape index (κ3) is 4.86. The van der Waals surface area contributed by atoms with E-state index in [9.17, 15) is 14.4 Å². The minimum atomic E-state index is -1.07. The van der Waals surface area contributed by atoms with Gasteiger partial charge in [0.05, 0.1) is 6.54 Å². The fourth-order valence-electron chi connectivity index (χ4n) is 4.84. The SMILES string of the molecule is CC(CNC(=O)c1cc2n(n1)CC(C)(C(=O)NC1CCCCCC1)N(C)C2=O)c1ccccc1. The monoisotopic (exact) mass is 465 g/mol. The topological polar surface area (TPSA) is 96.3 Å². The molecule has 1 fully saturated rings. The molecule has 2 N–H and O–H groups in total. The zero-order valence-electron chi connectivity index (χ0n) is 20.3. The van der Waals surface area contributed by atoms with Crippen LogP contribution in [0.4, 0.5) is 0 Å². The van der Waals surface area contributed by atoms with Gasteiger partial charge in [-0.05, 0) is 31.2 Å². The molecule has 1 aromatic heterocycles. The summed E-state index contributed by atoms with van der Waals surface area (Å²) in [7, 11) is 1.65. The van der Waals surface area contributed by atoms with Gasteiger partial charge in [-0.15, -0.1) is 0 Å². The number of nitrogens with one attached hydrogen (secondary N) is 2. The molecule has 182 valence electrons. The van der Waals surface area contributed by atoms with Crippen molar-refractivity contribution in [3.05, 3.63) is 53.3 Å². The van der Waals surface area contributed by atoms with Crippen molar-refractivity contribution in [3.63, 3.8) is 0 Å². The van der Waals surface area contributed by atoms with Gasteiger partial charge >= 0.3 is 0 Å². The first-order valence-electron chi connectivity index (χ1n) is 12.3. The lowest BCUT2D eigenvalue weighted by Crippen LogP contribution is -2.63. The summed E-state index contributed by atoms with van der Waals surface area (Å²) in [4.78, 5) is 40.7. The van der Waals surface area contributed by atoms with Crippen LogP contribution >= 0.6 is 0 Å². The Hall–Kier alpha value is -3.16. The Morgan fingerprint density at radius 3 is 2.50 bits per heavy atom. The van der Waals surface area contributed by atoms with Crippen molar-refractivity contribution in [2.75, 3.05) is 13.6 Å². The molecule has 0 bridgehead atoms. The van der Waals surface area contributed by atoms with Crippen LogP contribution in [0.2, 0.25) is 0 Å². The smallest absolute Gasteiger partial charge is 0.272 e. The second kappa shape index (κ2) is 9.99. The van der Waals surface area contributed by atoms with Gasteiger partial charge in [0.15, 0.2) is 5.69 Å². The van der Waals surface area contributed by atoms with Crippen LogP contribution in [0, 0.1) is 0 Å². The fourth-order valence-corrected chi connectivity index (χ4v) is 4.84. The van der Waals surface area contributed by atoms with E-state index in [2.05, 4.69) is 15.7 Å². The molecule has 8 nitrogen and oxygen atoms in total. The highest BCUT2D eigenvalue weighted by molar-refractivity contribution is 6.01. The first-order valence-corrected chi connectivity index (χ1v) is 12.3. The molecule has 0 spiro atoms. The molecule has 2 unspecified atom stereocenters. The maximum absolute atomic E-state index is 13.3. The predicted molar refractivity (Wildman–Crippen MR) is 130 cm³/mol. The maximum Gasteiger partial charge on any atom is 0.272 e. The van der Waals surface area contributed by atoms with Gasteiger partial charge in [0.2, 0.25) is 5.91 Å². The molecule has 1 saturated carbocycles. The van der Waals surface area contributed by atoms with Crippen LogP contribution in [-0.2, 0) is 11.3 Å². The summed E-state index contributed by atoms with van der Waals surface area (Å²) in [5.74, 6) is -0.663. The second-order valence-electron chi connectivity index (χ2n) is 9.89. The zero-order valence-corrected chi connectivity index (χ0v) is 20.3. The number of aromatic nitrogens is 2. The van der Waals surface area contributed by atoms with Gasteiger partial charge in [-0.2, -0.15) is 5.10 Å². The lowest BCUT2D eigenvalue weighted by molar-refractivity contribution is -0.133. The number of nitrogens with zero attached hydrogens (tertiary/aromatic N) is 3. The van der Waals surface area contributed by atoms with Gasteiger partial charge in [0.1, 0.15) is 11.2 Å². The number of carbonyl (C=O) groups excluding carboxylic acids is 3. The van der Waals surface area contributed by atoms with Gasteiger partial charge in [-0.3, -0.25) is 19.1 Å². The van der Waals surface area contributed by atoms with E-state index in [4.69, 9.17) is 0 Å². The van der Waals surface area contributed by atoms with E-state index in [0.717, 1.165) is 31.2 Å². The molecular weight excluding hydrogens is 430 g/mol. The summed E-state index contributed by atoms with van der Waals surface area (Å²) in [5.41, 5.74) is 0.575. The van der Waals surface area contributed by atoms with Gasteiger partial charge in [0, 0.05) is 25.7 Å². The quantitative estimate of drug-likeness (QED) is 0.641. The molecule has 4 rings (SSSR count). The number of amides is 3. The highest BCUT2D eigenvalue weighted by Gasteiger charge is 2.46. The summed E-state index contributed by atoms with van der Waals surface area (Å²) in [6, 6.07) is 11.6. The van der Waals surface area contributed by atoms with Gasteiger partial charge < -0.3 is 15.5 Å². The Labute approximate surface area is 201 Å². The van der Waals surface area contributed by atoms with Crippen LogP contribution in [0.5, 0.6) is 0 Å². The molecule has 2 atom stereocenters. The number of benzene rings is 1. The molecule has 8 heteroatoms. The Balaban J connectivity index is 1.44. The highest BCUT2D eigenvalue weighted by Crippen LogP contribution is 2.27. The molecule has 1 aliphatic heterocycles. The summed E-state index contributed by atoms with van der Waals surface area (Å²) in [6.07, 6.45) is 6.57. The van der Waals surface area contributed by atoms with Crippen LogP contribution in [0.15, 0.2) is 36.4 Å². The fraction of sp³-hybridized carbons (Fsp3) is 0.538. The van der Waals surface area contributed by atoms with E-state index in [0.29, 0.717) is 12.2 Å². The van der Waals surface area contributed by atoms with Crippen molar-refractivity contribution < 1.29 is 14.4 Å². The molecule has 0 saturated heterocycles. The number of likely N-dealkylation sites (N-methyl/N-ethyl adjacent to an activating group) is 1. The summed E-state index contributed by atoms with van der Waals surface area (Å²) in [5, 5.41) is 10.5. The van der Waals surface area contributed by atoms with Crippen molar-refractivity contribution in [3.8, 4) is 0 Å². The molecule has 2 aliphatic rings. The Bertz CT molecular complexity index is 1040. The van der Waals surface area contributed by atoms with Crippen LogP contribution in [0.3, 0.4) is 0 Å². The molecule has 34 heavy (non-hydrogen) atoms. The number of carbonyl (C=O) groups is 3. The molecule has 1 aliphatic carbocycles. The van der Waals surface area contributed by atoms with E-state index in [-0.39, 0.29) is 41.9 Å². The molecule has 2 heterocycles. The number of hydrogen-bond donors (Lipinski definition) is 2. The van der Waals surface area contributed by atoms with Crippen molar-refractivity contribution in [2.24, 2.45) is 0 Å². The lowest BCUT2D eigenvalue weighted by Gasteiger charge is -2.41. The summed E-state index contributed by atoms with van der Waals surface area (Å²) < 4.78 is 1.50. The van der Waals surface area contributed by atoms with E-state index in [1.165, 1.54) is 28.5 Å². The van der Waals surface area contributed by atoms with Crippen LogP contribution in [0.1, 0.15) is 84.8 Å². The summed E-state index contributed by atoms with van der Waals surface area (Å²) >= 11 is 0. The van der Waals surface area contributed by atoms with Crippen molar-refractivity contribution in [1.29, 1.82) is 0 Å². The largest absolute Gasteiger partial charge is 0.351 e. The molecule has 2 aromatic rings. The average molecular weight is 466 g/mol. The van der Waals surface area contributed by atoms with Crippen molar-refractivity contribution >= 4 is 17.7 Å². The number of rotatable bonds is 6. The molecule has 1 aromatic carbocycles. The normalized spacial score (nSPS) is 22.0. The third-order valence-electron chi connectivity index (χ3n) is 7.35. The van der Waals surface area contributed by atoms with Crippen LogP contribution < -0.4 is 10.6 Å². The second-order valence-corrected chi connectivity index (χ2v) is 9.89. The van der Waals surface area contributed by atoms with E-state index in [1.54, 1.807) is 14.0 Å². The lowest BCUT2D eigenvalue weighted by atomic mass is 9.95. The minimum absolute atomic E-state index is 0.141. The molecule has 0 radical (unpaired) electrons. The van der Waals surface area contributed by atoms with Gasteiger partial charge in [-0.25, -0.2) is 0 Å². The van der Waals surface area contributed by atoms with E-state index in [1.807, 2.05) is 37.3 Å². The first-order chi connectivity index (χ1) is 16.3. The highest BCUT2D eigenvalue weighted by atomic mass is 16.2. The maximum atomic E-state index is 13.3. The predicted octanol–water partition coefficient (Wildman–Crippen LogP) is 3.10. The van der Waals surface area contributed by atoms with Crippen LogP contribution in [0.25, 0.3) is 0 Å². The van der Waals surface area contributed by atoms with E-state index >= 15 is 0 Å². The third-order valence-corrected chi connectivity index (χ3v) is 7.35. The molecule has 3 amide bonds.